The summed E-state index contributed by atoms with van der Waals surface area (Å²) in [4.78, 5) is 0. The number of aliphatic hydroxyl groups is 1. The molecule has 0 aliphatic carbocycles. The molecule has 0 bridgehead atoms. The molecule has 18 heavy (non-hydrogen) atoms. The molecule has 1 saturated heterocycles. The largest absolute Gasteiger partial charge is 0.393 e. The molecule has 2 rings (SSSR count). The summed E-state index contributed by atoms with van der Waals surface area (Å²) < 4.78 is 8.54. The number of hydrogen-bond donors (Lipinski definition) is 1. The summed E-state index contributed by atoms with van der Waals surface area (Å²) in [6, 6.07) is 0. The Morgan fingerprint density at radius 3 is 3.00 bits per heavy atom. The van der Waals surface area contributed by atoms with Crippen LogP contribution in [0, 0.1) is 6.92 Å². The van der Waals surface area contributed by atoms with Crippen LogP contribution in [-0.2, 0) is 17.7 Å². The standard InChI is InChI=1S/C13H21BrN2O2/c1-3-16-12(13(14)9(2)15-16)8-10(17)7-11-5-4-6-18-11/h10-11,17H,3-8H2,1-2H3. The fourth-order valence-electron chi connectivity index (χ4n) is 2.50. The third-order valence-corrected chi connectivity index (χ3v) is 4.47. The Morgan fingerprint density at radius 2 is 2.39 bits per heavy atom. The van der Waals surface area contributed by atoms with E-state index in [1.54, 1.807) is 0 Å². The maximum Gasteiger partial charge on any atom is 0.0738 e. The monoisotopic (exact) mass is 316 g/mol. The number of ether oxygens (including phenoxy) is 1. The van der Waals surface area contributed by atoms with Crippen molar-refractivity contribution in [1.29, 1.82) is 0 Å². The van der Waals surface area contributed by atoms with Gasteiger partial charge in [0.25, 0.3) is 0 Å². The fraction of sp³-hybridized carbons (Fsp3) is 0.769. The lowest BCUT2D eigenvalue weighted by Gasteiger charge is -2.16. The van der Waals surface area contributed by atoms with Crippen molar-refractivity contribution in [3.05, 3.63) is 15.9 Å². The van der Waals surface area contributed by atoms with Gasteiger partial charge in [-0.2, -0.15) is 5.10 Å². The molecule has 1 aliphatic heterocycles. The first-order valence-electron chi connectivity index (χ1n) is 6.63. The van der Waals surface area contributed by atoms with Crippen molar-refractivity contribution in [2.24, 2.45) is 0 Å². The van der Waals surface area contributed by atoms with E-state index in [0.29, 0.717) is 6.42 Å². The van der Waals surface area contributed by atoms with Gasteiger partial charge in [0.2, 0.25) is 0 Å². The second-order valence-corrected chi connectivity index (χ2v) is 5.68. The van der Waals surface area contributed by atoms with Crippen LogP contribution in [0.5, 0.6) is 0 Å². The van der Waals surface area contributed by atoms with E-state index in [1.807, 2.05) is 11.6 Å². The van der Waals surface area contributed by atoms with Gasteiger partial charge in [-0.3, -0.25) is 4.68 Å². The first-order valence-corrected chi connectivity index (χ1v) is 7.42. The Kier molecular flexibility index (Phi) is 4.81. The number of aliphatic hydroxyl groups excluding tert-OH is 1. The third-order valence-electron chi connectivity index (χ3n) is 3.44. The molecule has 1 N–H and O–H groups in total. The number of hydrogen-bond acceptors (Lipinski definition) is 3. The Hall–Kier alpha value is -0.390. The molecule has 1 aromatic rings. The van der Waals surface area contributed by atoms with Gasteiger partial charge in [-0.15, -0.1) is 0 Å². The van der Waals surface area contributed by atoms with Crippen LogP contribution in [-0.4, -0.2) is 33.7 Å². The minimum absolute atomic E-state index is 0.234. The van der Waals surface area contributed by atoms with Crippen molar-refractivity contribution in [1.82, 2.24) is 9.78 Å². The van der Waals surface area contributed by atoms with Crippen molar-refractivity contribution < 1.29 is 9.84 Å². The molecule has 2 atom stereocenters. The minimum Gasteiger partial charge on any atom is -0.393 e. The van der Waals surface area contributed by atoms with Gasteiger partial charge in [0, 0.05) is 19.6 Å². The van der Waals surface area contributed by atoms with Crippen LogP contribution in [0.3, 0.4) is 0 Å². The zero-order valence-electron chi connectivity index (χ0n) is 11.0. The Labute approximate surface area is 116 Å². The van der Waals surface area contributed by atoms with Crippen LogP contribution in [0.25, 0.3) is 0 Å². The SMILES string of the molecule is CCn1nc(C)c(Br)c1CC(O)CC1CCCO1. The zero-order chi connectivity index (χ0) is 13.1. The van der Waals surface area contributed by atoms with E-state index in [9.17, 15) is 5.11 Å². The average Bonchev–Trinajstić information content (AvgIpc) is 2.92. The fourth-order valence-corrected chi connectivity index (χ4v) is 2.95. The molecular weight excluding hydrogens is 296 g/mol. The molecule has 102 valence electrons. The molecule has 0 aromatic carbocycles. The molecule has 1 aromatic heterocycles. The lowest BCUT2D eigenvalue weighted by molar-refractivity contribution is 0.0533. The molecule has 2 heterocycles. The topological polar surface area (TPSA) is 47.3 Å². The summed E-state index contributed by atoms with van der Waals surface area (Å²) in [6.07, 6.45) is 3.43. The molecule has 2 unspecified atom stereocenters. The Morgan fingerprint density at radius 1 is 1.61 bits per heavy atom. The average molecular weight is 317 g/mol. The van der Waals surface area contributed by atoms with E-state index < -0.39 is 0 Å². The first kappa shape index (κ1) is 14.0. The van der Waals surface area contributed by atoms with Crippen molar-refractivity contribution >= 4 is 15.9 Å². The number of rotatable bonds is 5. The number of nitrogens with zero attached hydrogens (tertiary/aromatic N) is 2. The predicted octanol–water partition coefficient (Wildman–Crippen LogP) is 2.45. The van der Waals surface area contributed by atoms with Crippen LogP contribution in [0.1, 0.15) is 37.6 Å². The summed E-state index contributed by atoms with van der Waals surface area (Å²) in [7, 11) is 0. The van der Waals surface area contributed by atoms with Crippen LogP contribution in [0.15, 0.2) is 4.47 Å². The van der Waals surface area contributed by atoms with E-state index in [1.165, 1.54) is 0 Å². The molecule has 0 radical (unpaired) electrons. The van der Waals surface area contributed by atoms with Gasteiger partial charge in [-0.1, -0.05) is 0 Å². The van der Waals surface area contributed by atoms with Crippen molar-refractivity contribution in [3.63, 3.8) is 0 Å². The van der Waals surface area contributed by atoms with Crippen molar-refractivity contribution in [3.8, 4) is 0 Å². The summed E-state index contributed by atoms with van der Waals surface area (Å²) >= 11 is 3.56. The van der Waals surface area contributed by atoms with E-state index in [2.05, 4.69) is 28.0 Å². The van der Waals surface area contributed by atoms with Gasteiger partial charge >= 0.3 is 0 Å². The minimum atomic E-state index is -0.356. The normalized spacial score (nSPS) is 21.4. The quantitative estimate of drug-likeness (QED) is 0.907. The summed E-state index contributed by atoms with van der Waals surface area (Å²) in [5, 5.41) is 14.6. The molecule has 1 fully saturated rings. The van der Waals surface area contributed by atoms with Crippen molar-refractivity contribution in [2.75, 3.05) is 6.61 Å². The lowest BCUT2D eigenvalue weighted by Crippen LogP contribution is -2.21. The van der Waals surface area contributed by atoms with Gasteiger partial charge in [0.05, 0.1) is 28.1 Å². The molecule has 0 spiro atoms. The summed E-state index contributed by atoms with van der Waals surface area (Å²) in [5.41, 5.74) is 2.07. The number of aryl methyl sites for hydroxylation is 2. The van der Waals surface area contributed by atoms with Gasteiger partial charge in [0.1, 0.15) is 0 Å². The first-order chi connectivity index (χ1) is 8.61. The van der Waals surface area contributed by atoms with Crippen LogP contribution in [0.4, 0.5) is 0 Å². The predicted molar refractivity (Wildman–Crippen MR) is 73.6 cm³/mol. The van der Waals surface area contributed by atoms with Crippen molar-refractivity contribution in [2.45, 2.75) is 58.3 Å². The maximum atomic E-state index is 10.2. The lowest BCUT2D eigenvalue weighted by atomic mass is 10.0. The molecular formula is C13H21BrN2O2. The van der Waals surface area contributed by atoms with Gasteiger partial charge in [-0.25, -0.2) is 0 Å². The highest BCUT2D eigenvalue weighted by atomic mass is 79.9. The van der Waals surface area contributed by atoms with E-state index in [-0.39, 0.29) is 12.2 Å². The Bertz CT molecular complexity index is 400. The smallest absolute Gasteiger partial charge is 0.0738 e. The maximum absolute atomic E-state index is 10.2. The molecule has 4 nitrogen and oxygen atoms in total. The van der Waals surface area contributed by atoms with Gasteiger partial charge < -0.3 is 9.84 Å². The molecule has 0 saturated carbocycles. The second kappa shape index (κ2) is 6.17. The van der Waals surface area contributed by atoms with Crippen LogP contribution >= 0.6 is 15.9 Å². The Balaban J connectivity index is 1.99. The van der Waals surface area contributed by atoms with E-state index in [0.717, 1.165) is 48.3 Å². The van der Waals surface area contributed by atoms with Gasteiger partial charge in [-0.05, 0) is 49.0 Å². The number of aromatic nitrogens is 2. The third kappa shape index (κ3) is 3.13. The summed E-state index contributed by atoms with van der Waals surface area (Å²) in [6.45, 7) is 5.71. The zero-order valence-corrected chi connectivity index (χ0v) is 12.6. The van der Waals surface area contributed by atoms with E-state index in [4.69, 9.17) is 4.74 Å². The molecule has 0 amide bonds. The van der Waals surface area contributed by atoms with Crippen LogP contribution < -0.4 is 0 Å². The highest BCUT2D eigenvalue weighted by Gasteiger charge is 2.22. The van der Waals surface area contributed by atoms with Gasteiger partial charge in [0.15, 0.2) is 0 Å². The molecule has 1 aliphatic rings. The highest BCUT2D eigenvalue weighted by Crippen LogP contribution is 2.24. The number of halogens is 1. The second-order valence-electron chi connectivity index (χ2n) is 4.89. The van der Waals surface area contributed by atoms with E-state index >= 15 is 0 Å². The molecule has 5 heteroatoms. The highest BCUT2D eigenvalue weighted by molar-refractivity contribution is 9.10. The summed E-state index contributed by atoms with van der Waals surface area (Å²) in [5.74, 6) is 0. The van der Waals surface area contributed by atoms with Crippen LogP contribution in [0.2, 0.25) is 0 Å².